The monoisotopic (exact) mass is 404 g/mol. The minimum atomic E-state index is 0.138. The van der Waals surface area contributed by atoms with Crippen LogP contribution >= 0.6 is 22.6 Å². The molecule has 0 aliphatic rings. The van der Waals surface area contributed by atoms with Crippen molar-refractivity contribution in [3.63, 3.8) is 0 Å². The molecule has 0 aliphatic carbocycles. The summed E-state index contributed by atoms with van der Waals surface area (Å²) in [5.41, 5.74) is 3.33. The Morgan fingerprint density at radius 1 is 0.864 bits per heavy atom. The predicted molar refractivity (Wildman–Crippen MR) is 96.6 cm³/mol. The van der Waals surface area contributed by atoms with E-state index < -0.39 is 0 Å². The Morgan fingerprint density at radius 3 is 2.14 bits per heavy atom. The average Bonchev–Trinajstić information content (AvgIpc) is 2.96. The molecule has 3 nitrogen and oxygen atoms in total. The fraction of sp³-hybridized carbons (Fsp3) is 0.222. The summed E-state index contributed by atoms with van der Waals surface area (Å²) >= 11 is 2.27. The van der Waals surface area contributed by atoms with Gasteiger partial charge in [0.05, 0.1) is 5.56 Å². The second kappa shape index (κ2) is 5.83. The molecule has 0 atom stereocenters. The SMILES string of the molecule is CC(C)(C)c1ccc(-c2nnc(-c3ccccc3I)o2)cc1. The van der Waals surface area contributed by atoms with Crippen molar-refractivity contribution in [1.29, 1.82) is 0 Å². The van der Waals surface area contributed by atoms with Crippen LogP contribution in [0, 0.1) is 3.57 Å². The van der Waals surface area contributed by atoms with Crippen LogP contribution in [0.1, 0.15) is 26.3 Å². The van der Waals surface area contributed by atoms with Crippen LogP contribution < -0.4 is 0 Å². The van der Waals surface area contributed by atoms with Gasteiger partial charge < -0.3 is 4.42 Å². The summed E-state index contributed by atoms with van der Waals surface area (Å²) < 4.78 is 6.93. The maximum absolute atomic E-state index is 5.84. The number of benzene rings is 2. The normalized spacial score (nSPS) is 11.6. The molecule has 2 aromatic carbocycles. The van der Waals surface area contributed by atoms with Gasteiger partial charge in [-0.2, -0.15) is 0 Å². The van der Waals surface area contributed by atoms with E-state index in [2.05, 4.69) is 65.7 Å². The Hall–Kier alpha value is -1.69. The molecule has 4 heteroatoms. The molecular formula is C18H17IN2O. The first kappa shape index (κ1) is 15.2. The van der Waals surface area contributed by atoms with Crippen LogP contribution in [0.5, 0.6) is 0 Å². The lowest BCUT2D eigenvalue weighted by Crippen LogP contribution is -2.10. The highest BCUT2D eigenvalue weighted by molar-refractivity contribution is 14.1. The van der Waals surface area contributed by atoms with E-state index in [4.69, 9.17) is 4.42 Å². The molecule has 0 N–H and O–H groups in total. The summed E-state index contributed by atoms with van der Waals surface area (Å²) in [6.07, 6.45) is 0. The highest BCUT2D eigenvalue weighted by Crippen LogP contribution is 2.29. The van der Waals surface area contributed by atoms with Gasteiger partial charge in [0.1, 0.15) is 0 Å². The van der Waals surface area contributed by atoms with E-state index >= 15 is 0 Å². The van der Waals surface area contributed by atoms with E-state index in [0.717, 1.165) is 14.7 Å². The maximum Gasteiger partial charge on any atom is 0.249 e. The third-order valence-electron chi connectivity index (χ3n) is 3.53. The van der Waals surface area contributed by atoms with Crippen LogP contribution in [0.15, 0.2) is 52.9 Å². The summed E-state index contributed by atoms with van der Waals surface area (Å²) in [5.74, 6) is 1.11. The van der Waals surface area contributed by atoms with Crippen molar-refractivity contribution in [2.24, 2.45) is 0 Å². The van der Waals surface area contributed by atoms with E-state index in [9.17, 15) is 0 Å². The third kappa shape index (κ3) is 3.06. The van der Waals surface area contributed by atoms with Gasteiger partial charge in [-0.3, -0.25) is 0 Å². The summed E-state index contributed by atoms with van der Waals surface area (Å²) in [5, 5.41) is 8.35. The highest BCUT2D eigenvalue weighted by atomic mass is 127. The molecule has 0 saturated carbocycles. The van der Waals surface area contributed by atoms with Crippen molar-refractivity contribution in [3.05, 3.63) is 57.7 Å². The minimum absolute atomic E-state index is 0.138. The van der Waals surface area contributed by atoms with Gasteiger partial charge in [0.25, 0.3) is 0 Å². The lowest BCUT2D eigenvalue weighted by atomic mass is 9.87. The summed E-state index contributed by atoms with van der Waals surface area (Å²) in [4.78, 5) is 0. The summed E-state index contributed by atoms with van der Waals surface area (Å²) in [6, 6.07) is 16.3. The lowest BCUT2D eigenvalue weighted by Gasteiger charge is -2.18. The molecule has 1 heterocycles. The third-order valence-corrected chi connectivity index (χ3v) is 4.47. The lowest BCUT2D eigenvalue weighted by molar-refractivity contribution is 0.581. The second-order valence-corrected chi connectivity index (χ2v) is 7.38. The van der Waals surface area contributed by atoms with Gasteiger partial charge in [0.2, 0.25) is 11.8 Å². The van der Waals surface area contributed by atoms with E-state index in [0.29, 0.717) is 11.8 Å². The van der Waals surface area contributed by atoms with Crippen LogP contribution in [0.2, 0.25) is 0 Å². The van der Waals surface area contributed by atoms with Crippen LogP contribution in [0.25, 0.3) is 22.9 Å². The van der Waals surface area contributed by atoms with Gasteiger partial charge in [-0.25, -0.2) is 0 Å². The number of rotatable bonds is 2. The molecule has 1 aromatic heterocycles. The molecule has 0 radical (unpaired) electrons. The molecule has 0 bridgehead atoms. The Balaban J connectivity index is 1.93. The zero-order valence-electron chi connectivity index (χ0n) is 12.8. The van der Waals surface area contributed by atoms with Crippen molar-refractivity contribution < 1.29 is 4.42 Å². The fourth-order valence-corrected chi connectivity index (χ4v) is 2.81. The van der Waals surface area contributed by atoms with E-state index in [1.807, 2.05) is 36.4 Å². The number of halogens is 1. The molecule has 0 aliphatic heterocycles. The van der Waals surface area contributed by atoms with Gasteiger partial charge in [0, 0.05) is 9.13 Å². The second-order valence-electron chi connectivity index (χ2n) is 6.22. The molecule has 0 saturated heterocycles. The highest BCUT2D eigenvalue weighted by Gasteiger charge is 2.15. The van der Waals surface area contributed by atoms with Crippen molar-refractivity contribution >= 4 is 22.6 Å². The minimum Gasteiger partial charge on any atom is -0.416 e. The zero-order valence-corrected chi connectivity index (χ0v) is 15.0. The zero-order chi connectivity index (χ0) is 15.7. The molecule has 3 aromatic rings. The van der Waals surface area contributed by atoms with Gasteiger partial charge in [-0.15, -0.1) is 10.2 Å². The van der Waals surface area contributed by atoms with Gasteiger partial charge in [-0.05, 0) is 57.8 Å². The smallest absolute Gasteiger partial charge is 0.249 e. The van der Waals surface area contributed by atoms with E-state index in [1.165, 1.54) is 5.56 Å². The first-order valence-electron chi connectivity index (χ1n) is 7.14. The molecule has 0 spiro atoms. The fourth-order valence-electron chi connectivity index (χ4n) is 2.20. The van der Waals surface area contributed by atoms with Gasteiger partial charge in [0.15, 0.2) is 0 Å². The first-order valence-corrected chi connectivity index (χ1v) is 8.22. The molecule has 112 valence electrons. The molecule has 0 fully saturated rings. The largest absolute Gasteiger partial charge is 0.416 e. The number of hydrogen-bond donors (Lipinski definition) is 0. The number of aromatic nitrogens is 2. The van der Waals surface area contributed by atoms with Crippen LogP contribution in [0.3, 0.4) is 0 Å². The Labute approximate surface area is 143 Å². The van der Waals surface area contributed by atoms with E-state index in [-0.39, 0.29) is 5.41 Å². The van der Waals surface area contributed by atoms with Crippen LogP contribution in [0.4, 0.5) is 0 Å². The molecular weight excluding hydrogens is 387 g/mol. The topological polar surface area (TPSA) is 38.9 Å². The first-order chi connectivity index (χ1) is 10.4. The quantitative estimate of drug-likeness (QED) is 0.544. The molecule has 0 unspecified atom stereocenters. The summed E-state index contributed by atoms with van der Waals surface area (Å²) in [6.45, 7) is 6.60. The Bertz CT molecular complexity index is 785. The Kier molecular flexibility index (Phi) is 4.04. The van der Waals surface area contributed by atoms with Crippen molar-refractivity contribution in [2.45, 2.75) is 26.2 Å². The predicted octanol–water partition coefficient (Wildman–Crippen LogP) is 5.31. The molecule has 0 amide bonds. The summed E-state index contributed by atoms with van der Waals surface area (Å²) in [7, 11) is 0. The molecule has 22 heavy (non-hydrogen) atoms. The maximum atomic E-state index is 5.84. The molecule has 3 rings (SSSR count). The van der Waals surface area contributed by atoms with Crippen LogP contribution in [-0.2, 0) is 5.41 Å². The van der Waals surface area contributed by atoms with E-state index in [1.54, 1.807) is 0 Å². The van der Waals surface area contributed by atoms with Crippen molar-refractivity contribution in [2.75, 3.05) is 0 Å². The Morgan fingerprint density at radius 2 is 1.50 bits per heavy atom. The van der Waals surface area contributed by atoms with Gasteiger partial charge >= 0.3 is 0 Å². The number of nitrogens with zero attached hydrogens (tertiary/aromatic N) is 2. The van der Waals surface area contributed by atoms with Crippen molar-refractivity contribution in [1.82, 2.24) is 10.2 Å². The number of hydrogen-bond acceptors (Lipinski definition) is 3. The van der Waals surface area contributed by atoms with Crippen LogP contribution in [-0.4, -0.2) is 10.2 Å². The average molecular weight is 404 g/mol. The standard InChI is InChI=1S/C18H17IN2O/c1-18(2,3)13-10-8-12(9-11-13)16-20-21-17(22-16)14-6-4-5-7-15(14)19/h4-11H,1-3H3. The van der Waals surface area contributed by atoms with Crippen molar-refractivity contribution in [3.8, 4) is 22.9 Å². The van der Waals surface area contributed by atoms with Gasteiger partial charge in [-0.1, -0.05) is 45.0 Å².